The van der Waals surface area contributed by atoms with E-state index in [-0.39, 0.29) is 17.8 Å². The Kier molecular flexibility index (Phi) is 3.79. The summed E-state index contributed by atoms with van der Waals surface area (Å²) in [6.45, 7) is 3.72. The third-order valence-corrected chi connectivity index (χ3v) is 3.55. The maximum atomic E-state index is 11.7. The second-order valence-electron chi connectivity index (χ2n) is 4.45. The Morgan fingerprint density at radius 3 is 2.88 bits per heavy atom. The molecule has 3 heteroatoms. The summed E-state index contributed by atoms with van der Waals surface area (Å²) in [5.74, 6) is 0.0946. The van der Waals surface area contributed by atoms with Crippen molar-refractivity contribution in [2.24, 2.45) is 5.92 Å². The lowest BCUT2D eigenvalue weighted by Crippen LogP contribution is -2.23. The monoisotopic (exact) mass is 233 g/mol. The van der Waals surface area contributed by atoms with Gasteiger partial charge >= 0.3 is 5.97 Å². The van der Waals surface area contributed by atoms with Crippen LogP contribution in [0.15, 0.2) is 24.3 Å². The molecule has 1 aliphatic heterocycles. The molecule has 0 aromatic heterocycles. The first-order valence-electron chi connectivity index (χ1n) is 6.14. The number of carbonyl (C=O) groups excluding carboxylic acids is 1. The van der Waals surface area contributed by atoms with E-state index in [0.29, 0.717) is 0 Å². The summed E-state index contributed by atoms with van der Waals surface area (Å²) in [7, 11) is 1.46. The van der Waals surface area contributed by atoms with E-state index in [4.69, 9.17) is 4.74 Å². The van der Waals surface area contributed by atoms with Crippen LogP contribution in [0.1, 0.15) is 24.0 Å². The normalized spacial score (nSPS) is 23.6. The molecule has 0 saturated carbocycles. The smallest absolute Gasteiger partial charge is 0.310 e. The molecule has 3 nitrogen and oxygen atoms in total. The van der Waals surface area contributed by atoms with E-state index < -0.39 is 0 Å². The fourth-order valence-electron chi connectivity index (χ4n) is 2.62. The summed E-state index contributed by atoms with van der Waals surface area (Å²) >= 11 is 0. The minimum absolute atomic E-state index is 0.0484. The number of rotatable bonds is 3. The zero-order valence-corrected chi connectivity index (χ0v) is 10.4. The third kappa shape index (κ3) is 2.34. The first-order chi connectivity index (χ1) is 8.27. The lowest BCUT2D eigenvalue weighted by atomic mass is 9.85. The maximum absolute atomic E-state index is 11.7. The topological polar surface area (TPSA) is 38.3 Å². The van der Waals surface area contributed by atoms with Crippen LogP contribution < -0.4 is 5.32 Å². The van der Waals surface area contributed by atoms with E-state index in [1.165, 1.54) is 18.2 Å². The first kappa shape index (κ1) is 12.1. The van der Waals surface area contributed by atoms with Gasteiger partial charge in [-0.25, -0.2) is 0 Å². The Labute approximate surface area is 102 Å². The van der Waals surface area contributed by atoms with Gasteiger partial charge in [-0.3, -0.25) is 4.79 Å². The molecule has 2 atom stereocenters. The first-order valence-corrected chi connectivity index (χ1v) is 6.14. The molecular formula is C14H19NO2. The van der Waals surface area contributed by atoms with Gasteiger partial charge in [0, 0.05) is 19.0 Å². The molecule has 0 radical (unpaired) electrons. The number of nitrogens with one attached hydrogen (secondary N) is 1. The molecule has 0 bridgehead atoms. The molecule has 1 fully saturated rings. The highest BCUT2D eigenvalue weighted by atomic mass is 16.5. The third-order valence-electron chi connectivity index (χ3n) is 3.55. The molecule has 1 N–H and O–H groups in total. The van der Waals surface area contributed by atoms with Crippen molar-refractivity contribution in [1.29, 1.82) is 0 Å². The Balaban J connectivity index is 2.29. The summed E-state index contributed by atoms with van der Waals surface area (Å²) in [4.78, 5) is 11.7. The highest BCUT2D eigenvalue weighted by molar-refractivity contribution is 5.74. The minimum Gasteiger partial charge on any atom is -0.469 e. The number of ether oxygens (including phenoxy) is 1. The van der Waals surface area contributed by atoms with Gasteiger partial charge in [0.25, 0.3) is 0 Å². The molecule has 92 valence electrons. The van der Waals surface area contributed by atoms with Gasteiger partial charge in [-0.1, -0.05) is 31.2 Å². The fraction of sp³-hybridized carbons (Fsp3) is 0.500. The molecule has 0 aliphatic carbocycles. The Hall–Kier alpha value is -1.35. The summed E-state index contributed by atoms with van der Waals surface area (Å²) in [5.41, 5.74) is 2.62. The number of aryl methyl sites for hydroxylation is 1. The molecule has 0 amide bonds. The molecule has 1 saturated heterocycles. The molecule has 1 aromatic carbocycles. The zero-order valence-electron chi connectivity index (χ0n) is 10.4. The molecule has 0 spiro atoms. The summed E-state index contributed by atoms with van der Waals surface area (Å²) in [5, 5.41) is 3.29. The van der Waals surface area contributed by atoms with E-state index >= 15 is 0 Å². The number of benzene rings is 1. The van der Waals surface area contributed by atoms with Gasteiger partial charge in [-0.15, -0.1) is 0 Å². The Morgan fingerprint density at radius 1 is 1.41 bits per heavy atom. The van der Waals surface area contributed by atoms with E-state index in [0.717, 1.165) is 19.5 Å². The molecule has 17 heavy (non-hydrogen) atoms. The highest BCUT2D eigenvalue weighted by Gasteiger charge is 2.35. The van der Waals surface area contributed by atoms with E-state index in [1.54, 1.807) is 0 Å². The van der Waals surface area contributed by atoms with Gasteiger partial charge in [-0.2, -0.15) is 0 Å². The van der Waals surface area contributed by atoms with Crippen molar-refractivity contribution in [2.45, 2.75) is 19.3 Å². The summed E-state index contributed by atoms with van der Waals surface area (Å²) < 4.78 is 4.88. The van der Waals surface area contributed by atoms with Crippen LogP contribution in [-0.4, -0.2) is 26.2 Å². The van der Waals surface area contributed by atoms with Gasteiger partial charge < -0.3 is 10.1 Å². The molecule has 0 unspecified atom stereocenters. The van der Waals surface area contributed by atoms with Crippen molar-refractivity contribution in [3.63, 3.8) is 0 Å². The predicted octanol–water partition coefficient (Wildman–Crippen LogP) is 1.73. The summed E-state index contributed by atoms with van der Waals surface area (Å²) in [6.07, 6.45) is 1.00. The van der Waals surface area contributed by atoms with Crippen molar-refractivity contribution in [3.8, 4) is 0 Å². The number of carbonyl (C=O) groups is 1. The standard InChI is InChI=1S/C14H19NO2/c1-3-10-6-4-5-7-11(10)12-8-15-9-13(12)14(16)17-2/h4-7,12-13,15H,3,8-9H2,1-2H3/t12-,13+/m1/s1. The van der Waals surface area contributed by atoms with Gasteiger partial charge in [0.1, 0.15) is 0 Å². The van der Waals surface area contributed by atoms with Crippen molar-refractivity contribution < 1.29 is 9.53 Å². The van der Waals surface area contributed by atoms with Crippen LogP contribution >= 0.6 is 0 Å². The van der Waals surface area contributed by atoms with Crippen molar-refractivity contribution in [1.82, 2.24) is 5.32 Å². The highest BCUT2D eigenvalue weighted by Crippen LogP contribution is 2.31. The van der Waals surface area contributed by atoms with Crippen LogP contribution in [0.3, 0.4) is 0 Å². The average molecular weight is 233 g/mol. The van der Waals surface area contributed by atoms with Gasteiger partial charge in [0.05, 0.1) is 13.0 Å². The number of hydrogen-bond acceptors (Lipinski definition) is 3. The Morgan fingerprint density at radius 2 is 2.18 bits per heavy atom. The summed E-state index contributed by atoms with van der Waals surface area (Å²) in [6, 6.07) is 8.37. The lowest BCUT2D eigenvalue weighted by molar-refractivity contribution is -0.145. The quantitative estimate of drug-likeness (QED) is 0.808. The SMILES string of the molecule is CCc1ccccc1[C@H]1CNC[C@@H]1C(=O)OC. The predicted molar refractivity (Wildman–Crippen MR) is 66.9 cm³/mol. The van der Waals surface area contributed by atoms with E-state index in [2.05, 4.69) is 30.4 Å². The Bertz CT molecular complexity index is 403. The van der Waals surface area contributed by atoms with Crippen LogP contribution in [-0.2, 0) is 16.0 Å². The maximum Gasteiger partial charge on any atom is 0.310 e. The van der Waals surface area contributed by atoms with Crippen molar-refractivity contribution in [2.75, 3.05) is 20.2 Å². The second kappa shape index (κ2) is 5.32. The van der Waals surface area contributed by atoms with Gasteiger partial charge in [0.15, 0.2) is 0 Å². The van der Waals surface area contributed by atoms with Crippen LogP contribution in [0.25, 0.3) is 0 Å². The van der Waals surface area contributed by atoms with Crippen molar-refractivity contribution in [3.05, 3.63) is 35.4 Å². The van der Waals surface area contributed by atoms with E-state index in [9.17, 15) is 4.79 Å². The minimum atomic E-state index is -0.106. The van der Waals surface area contributed by atoms with Gasteiger partial charge in [0.2, 0.25) is 0 Å². The lowest BCUT2D eigenvalue weighted by Gasteiger charge is -2.19. The van der Waals surface area contributed by atoms with Gasteiger partial charge in [-0.05, 0) is 17.5 Å². The number of methoxy groups -OCH3 is 1. The van der Waals surface area contributed by atoms with Crippen molar-refractivity contribution >= 4 is 5.97 Å². The van der Waals surface area contributed by atoms with Crippen LogP contribution in [0.4, 0.5) is 0 Å². The molecule has 1 aromatic rings. The molecular weight excluding hydrogens is 214 g/mol. The van der Waals surface area contributed by atoms with Crippen LogP contribution in [0.2, 0.25) is 0 Å². The molecule has 2 rings (SSSR count). The second-order valence-corrected chi connectivity index (χ2v) is 4.45. The fourth-order valence-corrected chi connectivity index (χ4v) is 2.62. The van der Waals surface area contributed by atoms with Crippen LogP contribution in [0, 0.1) is 5.92 Å². The van der Waals surface area contributed by atoms with Crippen LogP contribution in [0.5, 0.6) is 0 Å². The zero-order chi connectivity index (χ0) is 12.3. The molecule has 1 heterocycles. The number of esters is 1. The number of hydrogen-bond donors (Lipinski definition) is 1. The molecule has 1 aliphatic rings. The van der Waals surface area contributed by atoms with E-state index in [1.807, 2.05) is 6.07 Å². The average Bonchev–Trinajstić information content (AvgIpc) is 2.86. The largest absolute Gasteiger partial charge is 0.469 e.